The van der Waals surface area contributed by atoms with E-state index in [9.17, 15) is 4.79 Å². The lowest BCUT2D eigenvalue weighted by atomic mass is 10.2. The lowest BCUT2D eigenvalue weighted by Crippen LogP contribution is -2.12. The van der Waals surface area contributed by atoms with Crippen LogP contribution >= 0.6 is 11.6 Å². The monoisotopic (exact) mass is 293 g/mol. The van der Waals surface area contributed by atoms with Crippen LogP contribution in [-0.4, -0.2) is 27.3 Å². The molecule has 0 amide bonds. The van der Waals surface area contributed by atoms with E-state index in [0.29, 0.717) is 29.8 Å². The van der Waals surface area contributed by atoms with Gasteiger partial charge in [-0.25, -0.2) is 9.67 Å². The molecule has 1 heterocycles. The molecule has 0 unspecified atom stereocenters. The highest BCUT2D eigenvalue weighted by molar-refractivity contribution is 6.30. The van der Waals surface area contributed by atoms with Gasteiger partial charge in [-0.3, -0.25) is 4.79 Å². The van der Waals surface area contributed by atoms with Crippen molar-refractivity contribution in [3.8, 4) is 11.4 Å². The number of carbonyl (C=O) groups is 1. The van der Waals surface area contributed by atoms with E-state index in [1.807, 2.05) is 19.1 Å². The van der Waals surface area contributed by atoms with Gasteiger partial charge in [-0.1, -0.05) is 11.6 Å². The van der Waals surface area contributed by atoms with Crippen LogP contribution in [0, 0.1) is 0 Å². The van der Waals surface area contributed by atoms with Gasteiger partial charge >= 0.3 is 5.97 Å². The van der Waals surface area contributed by atoms with Gasteiger partial charge in [-0.15, -0.1) is 0 Å². The molecule has 0 aliphatic heterocycles. The Morgan fingerprint density at radius 1 is 1.30 bits per heavy atom. The number of aryl methyl sites for hydroxylation is 1. The summed E-state index contributed by atoms with van der Waals surface area (Å²) in [6.45, 7) is 4.75. The first kappa shape index (κ1) is 14.5. The van der Waals surface area contributed by atoms with E-state index in [4.69, 9.17) is 16.3 Å². The molecule has 6 heteroatoms. The normalized spacial score (nSPS) is 10.6. The zero-order chi connectivity index (χ0) is 14.5. The number of hydrogen-bond donors (Lipinski definition) is 0. The predicted octanol–water partition coefficient (Wildman–Crippen LogP) is 2.72. The van der Waals surface area contributed by atoms with Crippen LogP contribution in [0.3, 0.4) is 0 Å². The molecule has 0 atom stereocenters. The Labute approximate surface area is 122 Å². The summed E-state index contributed by atoms with van der Waals surface area (Å²) in [5, 5.41) is 5.06. The van der Waals surface area contributed by atoms with Gasteiger partial charge in [0.1, 0.15) is 12.2 Å². The molecule has 5 nitrogen and oxygen atoms in total. The van der Waals surface area contributed by atoms with Crippen LogP contribution in [0.25, 0.3) is 11.4 Å². The van der Waals surface area contributed by atoms with Gasteiger partial charge in [-0.05, 0) is 38.1 Å². The van der Waals surface area contributed by atoms with Crippen molar-refractivity contribution >= 4 is 17.6 Å². The molecule has 20 heavy (non-hydrogen) atoms. The minimum atomic E-state index is -0.294. The van der Waals surface area contributed by atoms with Gasteiger partial charge in [0.2, 0.25) is 0 Å². The molecule has 2 rings (SSSR count). The van der Waals surface area contributed by atoms with Crippen molar-refractivity contribution < 1.29 is 9.53 Å². The van der Waals surface area contributed by atoms with E-state index < -0.39 is 0 Å². The molecule has 0 radical (unpaired) electrons. The van der Waals surface area contributed by atoms with Gasteiger partial charge in [0.15, 0.2) is 5.82 Å². The van der Waals surface area contributed by atoms with Crippen LogP contribution in [0.4, 0.5) is 0 Å². The molecule has 0 aliphatic carbocycles. The first-order chi connectivity index (χ1) is 9.63. The first-order valence-corrected chi connectivity index (χ1v) is 6.87. The maximum atomic E-state index is 11.6. The van der Waals surface area contributed by atoms with Gasteiger partial charge < -0.3 is 4.74 Å². The highest BCUT2D eigenvalue weighted by atomic mass is 35.5. The molecule has 0 aliphatic rings. The van der Waals surface area contributed by atoms with Crippen molar-refractivity contribution in [2.45, 2.75) is 26.8 Å². The van der Waals surface area contributed by atoms with Crippen LogP contribution in [0.2, 0.25) is 5.02 Å². The highest BCUT2D eigenvalue weighted by Crippen LogP contribution is 2.19. The van der Waals surface area contributed by atoms with Crippen molar-refractivity contribution in [1.82, 2.24) is 14.8 Å². The second-order valence-electron chi connectivity index (χ2n) is 4.16. The SMILES string of the molecule is CCOC(=O)Cc1nc(-c2ccc(Cl)cc2)nn1CC. The average molecular weight is 294 g/mol. The molecule has 0 saturated carbocycles. The fraction of sp³-hybridized carbons (Fsp3) is 0.357. The van der Waals surface area contributed by atoms with E-state index in [1.165, 1.54) is 0 Å². The topological polar surface area (TPSA) is 57.0 Å². The Kier molecular flexibility index (Phi) is 4.74. The summed E-state index contributed by atoms with van der Waals surface area (Å²) >= 11 is 5.86. The summed E-state index contributed by atoms with van der Waals surface area (Å²) in [7, 11) is 0. The number of nitrogens with zero attached hydrogens (tertiary/aromatic N) is 3. The standard InChI is InChI=1S/C14H16ClN3O2/c1-3-18-12(9-13(19)20-4-2)16-14(17-18)10-5-7-11(15)8-6-10/h5-8H,3-4,9H2,1-2H3. The summed E-state index contributed by atoms with van der Waals surface area (Å²) in [6, 6.07) is 7.28. The smallest absolute Gasteiger partial charge is 0.313 e. The quantitative estimate of drug-likeness (QED) is 0.795. The van der Waals surface area contributed by atoms with E-state index in [0.717, 1.165) is 5.56 Å². The third-order valence-corrected chi connectivity index (χ3v) is 3.01. The second kappa shape index (κ2) is 6.52. The fourth-order valence-electron chi connectivity index (χ4n) is 1.82. The van der Waals surface area contributed by atoms with Crippen LogP contribution in [0.1, 0.15) is 19.7 Å². The van der Waals surface area contributed by atoms with Crippen LogP contribution < -0.4 is 0 Å². The van der Waals surface area contributed by atoms with Crippen molar-refractivity contribution in [1.29, 1.82) is 0 Å². The molecule has 0 N–H and O–H groups in total. The molecule has 0 spiro atoms. The summed E-state index contributed by atoms with van der Waals surface area (Å²) in [5.41, 5.74) is 0.867. The number of aromatic nitrogens is 3. The van der Waals surface area contributed by atoms with Crippen molar-refractivity contribution in [2.24, 2.45) is 0 Å². The van der Waals surface area contributed by atoms with Crippen molar-refractivity contribution in [3.05, 3.63) is 35.1 Å². The Bertz CT molecular complexity index is 593. The number of rotatable bonds is 5. The maximum absolute atomic E-state index is 11.6. The number of benzene rings is 1. The van der Waals surface area contributed by atoms with Crippen LogP contribution in [-0.2, 0) is 22.5 Å². The minimum absolute atomic E-state index is 0.127. The van der Waals surface area contributed by atoms with Crippen LogP contribution in [0.5, 0.6) is 0 Å². The average Bonchev–Trinajstić information content (AvgIpc) is 2.82. The third-order valence-electron chi connectivity index (χ3n) is 2.76. The number of carbonyl (C=O) groups excluding carboxylic acids is 1. The van der Waals surface area contributed by atoms with E-state index in [1.54, 1.807) is 23.7 Å². The Balaban J connectivity index is 2.26. The maximum Gasteiger partial charge on any atom is 0.313 e. The molecular weight excluding hydrogens is 278 g/mol. The molecule has 1 aromatic heterocycles. The lowest BCUT2D eigenvalue weighted by molar-refractivity contribution is -0.142. The van der Waals surface area contributed by atoms with Crippen molar-refractivity contribution in [2.75, 3.05) is 6.61 Å². The summed E-state index contributed by atoms with van der Waals surface area (Å²) in [4.78, 5) is 16.0. The number of ether oxygens (including phenoxy) is 1. The molecule has 0 saturated heterocycles. The van der Waals surface area contributed by atoms with Gasteiger partial charge in [-0.2, -0.15) is 5.10 Å². The fourth-order valence-corrected chi connectivity index (χ4v) is 1.95. The van der Waals surface area contributed by atoms with Crippen molar-refractivity contribution in [3.63, 3.8) is 0 Å². The second-order valence-corrected chi connectivity index (χ2v) is 4.59. The Morgan fingerprint density at radius 3 is 2.60 bits per heavy atom. The molecule has 1 aromatic carbocycles. The minimum Gasteiger partial charge on any atom is -0.466 e. The molecule has 2 aromatic rings. The molecule has 0 fully saturated rings. The van der Waals surface area contributed by atoms with E-state index in [-0.39, 0.29) is 12.4 Å². The zero-order valence-corrected chi connectivity index (χ0v) is 12.2. The molecule has 0 bridgehead atoms. The number of esters is 1. The molecular formula is C14H16ClN3O2. The van der Waals surface area contributed by atoms with Gasteiger partial charge in [0.25, 0.3) is 0 Å². The molecule has 106 valence electrons. The third kappa shape index (κ3) is 3.36. The Hall–Kier alpha value is -1.88. The largest absolute Gasteiger partial charge is 0.466 e. The van der Waals surface area contributed by atoms with Gasteiger partial charge in [0, 0.05) is 17.1 Å². The zero-order valence-electron chi connectivity index (χ0n) is 11.5. The Morgan fingerprint density at radius 2 is 2.00 bits per heavy atom. The predicted molar refractivity (Wildman–Crippen MR) is 76.5 cm³/mol. The van der Waals surface area contributed by atoms with Gasteiger partial charge in [0.05, 0.1) is 6.61 Å². The summed E-state index contributed by atoms with van der Waals surface area (Å²) in [5.74, 6) is 0.899. The number of hydrogen-bond acceptors (Lipinski definition) is 4. The first-order valence-electron chi connectivity index (χ1n) is 6.49. The van der Waals surface area contributed by atoms with E-state index >= 15 is 0 Å². The number of halogens is 1. The van der Waals surface area contributed by atoms with E-state index in [2.05, 4.69) is 10.1 Å². The highest BCUT2D eigenvalue weighted by Gasteiger charge is 2.14. The summed E-state index contributed by atoms with van der Waals surface area (Å²) < 4.78 is 6.65. The lowest BCUT2D eigenvalue weighted by Gasteiger charge is -2.02. The summed E-state index contributed by atoms with van der Waals surface area (Å²) in [6.07, 6.45) is 0.127. The van der Waals surface area contributed by atoms with Crippen LogP contribution in [0.15, 0.2) is 24.3 Å².